The fourth-order valence-electron chi connectivity index (χ4n) is 2.92. The summed E-state index contributed by atoms with van der Waals surface area (Å²) >= 11 is 1.45. The van der Waals surface area contributed by atoms with Gasteiger partial charge in [-0.25, -0.2) is 0 Å². The summed E-state index contributed by atoms with van der Waals surface area (Å²) in [6, 6.07) is 20.3. The molecule has 2 amide bonds. The van der Waals surface area contributed by atoms with Gasteiger partial charge in [-0.1, -0.05) is 18.2 Å². The van der Waals surface area contributed by atoms with Crippen molar-refractivity contribution in [2.45, 2.75) is 18.7 Å². The number of benzene rings is 3. The Morgan fingerprint density at radius 3 is 2.10 bits per heavy atom. The third-order valence-corrected chi connectivity index (χ3v) is 5.59. The van der Waals surface area contributed by atoms with Crippen LogP contribution in [0, 0.1) is 13.8 Å². The van der Waals surface area contributed by atoms with Gasteiger partial charge >= 0.3 is 0 Å². The van der Waals surface area contributed by atoms with Gasteiger partial charge in [0.1, 0.15) is 5.75 Å². The molecule has 30 heavy (non-hydrogen) atoms. The summed E-state index contributed by atoms with van der Waals surface area (Å²) in [5, 5.41) is 5.85. The third kappa shape index (κ3) is 5.64. The molecule has 0 unspecified atom stereocenters. The summed E-state index contributed by atoms with van der Waals surface area (Å²) in [4.78, 5) is 25.6. The lowest BCUT2D eigenvalue weighted by molar-refractivity contribution is -0.113. The largest absolute Gasteiger partial charge is 0.497 e. The lowest BCUT2D eigenvalue weighted by Crippen LogP contribution is -2.15. The first-order valence-corrected chi connectivity index (χ1v) is 10.5. The number of ether oxygens (including phenoxy) is 1. The number of nitrogens with one attached hydrogen (secondary N) is 2. The maximum Gasteiger partial charge on any atom is 0.255 e. The second kappa shape index (κ2) is 9.98. The third-order valence-electron chi connectivity index (χ3n) is 4.58. The summed E-state index contributed by atoms with van der Waals surface area (Å²) in [7, 11) is 1.59. The van der Waals surface area contributed by atoms with E-state index in [1.54, 1.807) is 31.4 Å². The molecule has 0 aliphatic carbocycles. The maximum absolute atomic E-state index is 12.3. The molecule has 0 bridgehead atoms. The van der Waals surface area contributed by atoms with E-state index in [1.807, 2.05) is 56.3 Å². The quantitative estimate of drug-likeness (QED) is 0.509. The lowest BCUT2D eigenvalue weighted by atomic mass is 10.1. The van der Waals surface area contributed by atoms with E-state index in [-0.39, 0.29) is 11.8 Å². The molecule has 0 aliphatic heterocycles. The fraction of sp³-hybridized carbons (Fsp3) is 0.167. The molecule has 0 spiro atoms. The first-order valence-electron chi connectivity index (χ1n) is 9.50. The van der Waals surface area contributed by atoms with Gasteiger partial charge in [0.05, 0.1) is 12.9 Å². The Bertz CT molecular complexity index is 1010. The standard InChI is InChI=1S/C24H24N2O3S/c1-16-5-4-6-17(2)23(16)26-22(27)15-30-21-13-9-19(10-14-21)25-24(28)18-7-11-20(29-3)12-8-18/h4-14H,15H2,1-3H3,(H,25,28)(H,26,27). The number of carbonyl (C=O) groups is 2. The summed E-state index contributed by atoms with van der Waals surface area (Å²) < 4.78 is 5.10. The number of rotatable bonds is 7. The van der Waals surface area contributed by atoms with Gasteiger partial charge in [-0.2, -0.15) is 0 Å². The molecule has 0 radical (unpaired) electrons. The average Bonchev–Trinajstić information content (AvgIpc) is 2.76. The van der Waals surface area contributed by atoms with Crippen molar-refractivity contribution in [1.29, 1.82) is 0 Å². The Morgan fingerprint density at radius 2 is 1.50 bits per heavy atom. The second-order valence-corrected chi connectivity index (χ2v) is 7.86. The number of hydrogen-bond donors (Lipinski definition) is 2. The summed E-state index contributed by atoms with van der Waals surface area (Å²) in [6.07, 6.45) is 0. The van der Waals surface area contributed by atoms with Gasteiger partial charge in [-0.3, -0.25) is 9.59 Å². The van der Waals surface area contributed by atoms with E-state index in [2.05, 4.69) is 10.6 Å². The zero-order chi connectivity index (χ0) is 21.5. The normalized spacial score (nSPS) is 10.4. The fourth-order valence-corrected chi connectivity index (χ4v) is 3.61. The zero-order valence-electron chi connectivity index (χ0n) is 17.2. The molecule has 0 aromatic heterocycles. The van der Waals surface area contributed by atoms with Crippen molar-refractivity contribution >= 4 is 35.0 Å². The Balaban J connectivity index is 1.52. The highest BCUT2D eigenvalue weighted by atomic mass is 32.2. The lowest BCUT2D eigenvalue weighted by Gasteiger charge is -2.11. The van der Waals surface area contributed by atoms with Gasteiger partial charge < -0.3 is 15.4 Å². The van der Waals surface area contributed by atoms with Gasteiger partial charge in [-0.05, 0) is 73.5 Å². The topological polar surface area (TPSA) is 67.4 Å². The highest BCUT2D eigenvalue weighted by Gasteiger charge is 2.09. The number of methoxy groups -OCH3 is 1. The number of thioether (sulfide) groups is 1. The molecule has 0 fully saturated rings. The van der Waals surface area contributed by atoms with E-state index >= 15 is 0 Å². The smallest absolute Gasteiger partial charge is 0.255 e. The number of aryl methyl sites for hydroxylation is 2. The van der Waals surface area contributed by atoms with Crippen molar-refractivity contribution in [2.24, 2.45) is 0 Å². The minimum Gasteiger partial charge on any atom is -0.497 e. The Labute approximate surface area is 180 Å². The van der Waals surface area contributed by atoms with Gasteiger partial charge in [0.2, 0.25) is 5.91 Å². The van der Waals surface area contributed by atoms with Crippen LogP contribution in [0.3, 0.4) is 0 Å². The molecular weight excluding hydrogens is 396 g/mol. The predicted octanol–water partition coefficient (Wildman–Crippen LogP) is 5.30. The first-order chi connectivity index (χ1) is 14.5. The predicted molar refractivity (Wildman–Crippen MR) is 123 cm³/mol. The van der Waals surface area contributed by atoms with Crippen molar-refractivity contribution in [3.05, 3.63) is 83.4 Å². The molecule has 0 saturated heterocycles. The van der Waals surface area contributed by atoms with Crippen LogP contribution in [0.25, 0.3) is 0 Å². The molecule has 2 N–H and O–H groups in total. The molecule has 0 saturated carbocycles. The first kappa shape index (κ1) is 21.5. The van der Waals surface area contributed by atoms with Crippen LogP contribution < -0.4 is 15.4 Å². The Hall–Kier alpha value is -3.25. The highest BCUT2D eigenvalue weighted by Crippen LogP contribution is 2.23. The van der Waals surface area contributed by atoms with Gasteiger partial charge in [0, 0.05) is 21.8 Å². The second-order valence-electron chi connectivity index (χ2n) is 6.81. The molecular formula is C24H24N2O3S. The Morgan fingerprint density at radius 1 is 0.867 bits per heavy atom. The molecule has 3 aromatic carbocycles. The number of anilines is 2. The van der Waals surface area contributed by atoms with Crippen LogP contribution in [0.2, 0.25) is 0 Å². The number of para-hydroxylation sites is 1. The van der Waals surface area contributed by atoms with E-state index in [0.29, 0.717) is 22.8 Å². The van der Waals surface area contributed by atoms with E-state index in [0.717, 1.165) is 21.7 Å². The van der Waals surface area contributed by atoms with Crippen LogP contribution in [0.1, 0.15) is 21.5 Å². The summed E-state index contributed by atoms with van der Waals surface area (Å²) in [6.45, 7) is 3.96. The number of amides is 2. The van der Waals surface area contributed by atoms with Crippen LogP contribution in [0.5, 0.6) is 5.75 Å². The van der Waals surface area contributed by atoms with E-state index in [1.165, 1.54) is 11.8 Å². The van der Waals surface area contributed by atoms with Crippen LogP contribution in [-0.4, -0.2) is 24.7 Å². The van der Waals surface area contributed by atoms with Crippen molar-refractivity contribution in [3.63, 3.8) is 0 Å². The van der Waals surface area contributed by atoms with E-state index in [4.69, 9.17) is 4.74 Å². The van der Waals surface area contributed by atoms with Gasteiger partial charge in [-0.15, -0.1) is 11.8 Å². The monoisotopic (exact) mass is 420 g/mol. The van der Waals surface area contributed by atoms with Crippen molar-refractivity contribution in [2.75, 3.05) is 23.5 Å². The zero-order valence-corrected chi connectivity index (χ0v) is 18.0. The molecule has 6 heteroatoms. The molecule has 0 atom stereocenters. The highest BCUT2D eigenvalue weighted by molar-refractivity contribution is 8.00. The molecule has 5 nitrogen and oxygen atoms in total. The van der Waals surface area contributed by atoms with Crippen molar-refractivity contribution in [3.8, 4) is 5.75 Å². The SMILES string of the molecule is COc1ccc(C(=O)Nc2ccc(SCC(=O)Nc3c(C)cccc3C)cc2)cc1. The van der Waals surface area contributed by atoms with Crippen LogP contribution in [-0.2, 0) is 4.79 Å². The summed E-state index contributed by atoms with van der Waals surface area (Å²) in [5.41, 5.74) is 4.22. The Kier molecular flexibility index (Phi) is 7.14. The van der Waals surface area contributed by atoms with E-state index < -0.39 is 0 Å². The van der Waals surface area contributed by atoms with Crippen LogP contribution in [0.15, 0.2) is 71.6 Å². The minimum absolute atomic E-state index is 0.0470. The van der Waals surface area contributed by atoms with Crippen LogP contribution in [0.4, 0.5) is 11.4 Å². The molecule has 3 rings (SSSR count). The molecule has 154 valence electrons. The molecule has 0 heterocycles. The minimum atomic E-state index is -0.189. The average molecular weight is 421 g/mol. The van der Waals surface area contributed by atoms with Crippen molar-refractivity contribution < 1.29 is 14.3 Å². The molecule has 3 aromatic rings. The molecule has 0 aliphatic rings. The van der Waals surface area contributed by atoms with Crippen LogP contribution >= 0.6 is 11.8 Å². The van der Waals surface area contributed by atoms with Gasteiger partial charge in [0.15, 0.2) is 0 Å². The van der Waals surface area contributed by atoms with Crippen molar-refractivity contribution in [1.82, 2.24) is 0 Å². The van der Waals surface area contributed by atoms with E-state index in [9.17, 15) is 9.59 Å². The van der Waals surface area contributed by atoms with Gasteiger partial charge in [0.25, 0.3) is 5.91 Å². The number of carbonyl (C=O) groups excluding carboxylic acids is 2. The maximum atomic E-state index is 12.3. The number of hydrogen-bond acceptors (Lipinski definition) is 4. The summed E-state index contributed by atoms with van der Waals surface area (Å²) in [5.74, 6) is 0.778.